The molecule has 0 amide bonds. The highest BCUT2D eigenvalue weighted by Gasteiger charge is 2.33. The molecule has 1 aromatic carbocycles. The highest BCUT2D eigenvalue weighted by atomic mass is 32.2. The van der Waals surface area contributed by atoms with Crippen LogP contribution in [0.1, 0.15) is 48.5 Å². The molecule has 2 rings (SSSR count). The summed E-state index contributed by atoms with van der Waals surface area (Å²) in [6, 6.07) is 6.08. The van der Waals surface area contributed by atoms with Gasteiger partial charge in [0.25, 0.3) is 0 Å². The number of aliphatic hydroxyl groups excluding tert-OH is 1. The Morgan fingerprint density at radius 1 is 1.15 bits per heavy atom. The number of rotatable bonds is 3. The maximum absolute atomic E-state index is 11.7. The molecule has 0 bridgehead atoms. The van der Waals surface area contributed by atoms with Gasteiger partial charge >= 0.3 is 0 Å². The lowest BCUT2D eigenvalue weighted by Gasteiger charge is -2.31. The van der Waals surface area contributed by atoms with Crippen molar-refractivity contribution in [3.8, 4) is 0 Å². The number of benzene rings is 1. The zero-order valence-corrected chi connectivity index (χ0v) is 13.3. The average molecular weight is 296 g/mol. The molecule has 3 nitrogen and oxygen atoms in total. The second-order valence-electron chi connectivity index (χ2n) is 6.24. The van der Waals surface area contributed by atoms with Crippen molar-refractivity contribution in [2.45, 2.75) is 50.9 Å². The molecule has 112 valence electrons. The van der Waals surface area contributed by atoms with Gasteiger partial charge < -0.3 is 5.11 Å². The Bertz CT molecular complexity index is 557. The van der Waals surface area contributed by atoms with Crippen LogP contribution in [0, 0.1) is 19.8 Å². The molecule has 1 saturated carbocycles. The van der Waals surface area contributed by atoms with Gasteiger partial charge in [0.2, 0.25) is 0 Å². The summed E-state index contributed by atoms with van der Waals surface area (Å²) in [4.78, 5) is 0. The Balaban J connectivity index is 2.18. The van der Waals surface area contributed by atoms with Crippen molar-refractivity contribution in [2.75, 3.05) is 6.26 Å². The van der Waals surface area contributed by atoms with Gasteiger partial charge in [-0.05, 0) is 44.6 Å². The van der Waals surface area contributed by atoms with Crippen molar-refractivity contribution in [2.24, 2.45) is 5.92 Å². The van der Waals surface area contributed by atoms with E-state index in [0.717, 1.165) is 36.0 Å². The van der Waals surface area contributed by atoms with Crippen LogP contribution in [0.4, 0.5) is 0 Å². The molecule has 1 N–H and O–H groups in total. The highest BCUT2D eigenvalue weighted by Crippen LogP contribution is 2.37. The van der Waals surface area contributed by atoms with Gasteiger partial charge in [-0.15, -0.1) is 0 Å². The highest BCUT2D eigenvalue weighted by molar-refractivity contribution is 7.91. The van der Waals surface area contributed by atoms with E-state index < -0.39 is 15.9 Å². The zero-order valence-electron chi connectivity index (χ0n) is 12.5. The van der Waals surface area contributed by atoms with Gasteiger partial charge in [-0.1, -0.05) is 35.7 Å². The van der Waals surface area contributed by atoms with Crippen molar-refractivity contribution >= 4 is 9.84 Å². The van der Waals surface area contributed by atoms with Gasteiger partial charge in [0, 0.05) is 6.26 Å². The predicted molar refractivity (Wildman–Crippen MR) is 81.5 cm³/mol. The maximum atomic E-state index is 11.7. The van der Waals surface area contributed by atoms with Gasteiger partial charge in [0.15, 0.2) is 0 Å². The largest absolute Gasteiger partial charge is 0.388 e. The lowest BCUT2D eigenvalue weighted by molar-refractivity contribution is 0.0856. The summed E-state index contributed by atoms with van der Waals surface area (Å²) in [5.74, 6) is 0.0460. The molecule has 20 heavy (non-hydrogen) atoms. The van der Waals surface area contributed by atoms with E-state index in [9.17, 15) is 13.5 Å². The Kier molecular flexibility index (Phi) is 4.55. The van der Waals surface area contributed by atoms with Gasteiger partial charge in [-0.2, -0.15) is 0 Å². The molecular formula is C16H24O3S. The molecule has 3 unspecified atom stereocenters. The van der Waals surface area contributed by atoms with Gasteiger partial charge in [-0.3, -0.25) is 0 Å². The molecular weight excluding hydrogens is 272 g/mol. The molecule has 0 saturated heterocycles. The van der Waals surface area contributed by atoms with Gasteiger partial charge in [0.1, 0.15) is 9.84 Å². The first-order valence-corrected chi connectivity index (χ1v) is 9.18. The summed E-state index contributed by atoms with van der Waals surface area (Å²) < 4.78 is 23.4. The van der Waals surface area contributed by atoms with Crippen molar-refractivity contribution in [3.63, 3.8) is 0 Å². The van der Waals surface area contributed by atoms with Gasteiger partial charge in [-0.25, -0.2) is 8.42 Å². The minimum atomic E-state index is -3.00. The minimum Gasteiger partial charge on any atom is -0.388 e. The first kappa shape index (κ1) is 15.5. The van der Waals surface area contributed by atoms with Crippen molar-refractivity contribution < 1.29 is 13.5 Å². The fourth-order valence-electron chi connectivity index (χ4n) is 3.31. The third-order valence-corrected chi connectivity index (χ3v) is 5.94. The zero-order chi connectivity index (χ0) is 14.9. The fraction of sp³-hybridized carbons (Fsp3) is 0.625. The number of hydrogen-bond donors (Lipinski definition) is 1. The molecule has 0 spiro atoms. The van der Waals surface area contributed by atoms with E-state index in [1.807, 2.05) is 26.0 Å². The molecule has 0 radical (unpaired) electrons. The summed E-state index contributed by atoms with van der Waals surface area (Å²) in [6.07, 6.45) is 3.84. The summed E-state index contributed by atoms with van der Waals surface area (Å²) >= 11 is 0. The van der Waals surface area contributed by atoms with E-state index >= 15 is 0 Å². The molecule has 3 atom stereocenters. The van der Waals surface area contributed by atoms with Crippen LogP contribution in [0.15, 0.2) is 18.2 Å². The van der Waals surface area contributed by atoms with E-state index in [-0.39, 0.29) is 11.2 Å². The van der Waals surface area contributed by atoms with Crippen LogP contribution in [0.2, 0.25) is 0 Å². The molecule has 0 heterocycles. The van der Waals surface area contributed by atoms with E-state index in [2.05, 4.69) is 6.07 Å². The SMILES string of the molecule is Cc1cc(C)cc(C(O)C2CCCC(S(C)(=O)=O)C2)c1. The van der Waals surface area contributed by atoms with Crippen LogP contribution < -0.4 is 0 Å². The lowest BCUT2D eigenvalue weighted by atomic mass is 9.82. The Morgan fingerprint density at radius 3 is 2.30 bits per heavy atom. The predicted octanol–water partition coefficient (Wildman–Crippen LogP) is 2.94. The maximum Gasteiger partial charge on any atom is 0.150 e. The molecule has 0 aliphatic heterocycles. The first-order chi connectivity index (χ1) is 9.27. The Labute approximate surface area is 121 Å². The third-order valence-electron chi connectivity index (χ3n) is 4.30. The minimum absolute atomic E-state index is 0.0460. The van der Waals surface area contributed by atoms with Crippen molar-refractivity contribution in [1.82, 2.24) is 0 Å². The Hall–Kier alpha value is -0.870. The molecule has 1 aliphatic carbocycles. The van der Waals surface area contributed by atoms with Crippen LogP contribution in [-0.2, 0) is 9.84 Å². The quantitative estimate of drug-likeness (QED) is 0.933. The monoisotopic (exact) mass is 296 g/mol. The van der Waals surface area contributed by atoms with Crippen LogP contribution in [0.25, 0.3) is 0 Å². The first-order valence-electron chi connectivity index (χ1n) is 7.22. The number of aliphatic hydroxyl groups is 1. The standard InChI is InChI=1S/C16H24O3S/c1-11-7-12(2)9-14(8-11)16(17)13-5-4-6-15(10-13)20(3,18)19/h7-9,13,15-17H,4-6,10H2,1-3H3. The molecule has 4 heteroatoms. The summed E-state index contributed by atoms with van der Waals surface area (Å²) in [5.41, 5.74) is 3.19. The molecule has 1 aromatic rings. The summed E-state index contributed by atoms with van der Waals surface area (Å²) in [6.45, 7) is 4.03. The summed E-state index contributed by atoms with van der Waals surface area (Å²) in [5, 5.41) is 10.3. The molecule has 1 aliphatic rings. The van der Waals surface area contributed by atoms with Gasteiger partial charge in [0.05, 0.1) is 11.4 Å². The van der Waals surface area contributed by atoms with E-state index in [1.54, 1.807) is 0 Å². The molecule has 1 fully saturated rings. The van der Waals surface area contributed by atoms with Crippen molar-refractivity contribution in [3.05, 3.63) is 34.9 Å². The van der Waals surface area contributed by atoms with Crippen LogP contribution in [0.3, 0.4) is 0 Å². The lowest BCUT2D eigenvalue weighted by Crippen LogP contribution is -2.30. The normalized spacial score (nSPS) is 25.4. The Morgan fingerprint density at radius 2 is 1.75 bits per heavy atom. The smallest absolute Gasteiger partial charge is 0.150 e. The summed E-state index contributed by atoms with van der Waals surface area (Å²) in [7, 11) is -3.00. The number of aryl methyl sites for hydroxylation is 2. The number of sulfone groups is 1. The third kappa shape index (κ3) is 3.61. The van der Waals surface area contributed by atoms with Crippen LogP contribution in [0.5, 0.6) is 0 Å². The topological polar surface area (TPSA) is 54.4 Å². The number of hydrogen-bond acceptors (Lipinski definition) is 3. The van der Waals surface area contributed by atoms with E-state index in [0.29, 0.717) is 6.42 Å². The van der Waals surface area contributed by atoms with E-state index in [1.165, 1.54) is 6.26 Å². The van der Waals surface area contributed by atoms with Crippen molar-refractivity contribution in [1.29, 1.82) is 0 Å². The second-order valence-corrected chi connectivity index (χ2v) is 8.57. The fourth-order valence-corrected chi connectivity index (χ4v) is 4.50. The van der Waals surface area contributed by atoms with Crippen LogP contribution >= 0.6 is 0 Å². The van der Waals surface area contributed by atoms with Crippen LogP contribution in [-0.4, -0.2) is 25.0 Å². The van der Waals surface area contributed by atoms with E-state index in [4.69, 9.17) is 0 Å². The second kappa shape index (κ2) is 5.86. The molecule has 0 aromatic heterocycles. The average Bonchev–Trinajstić information content (AvgIpc) is 2.36.